The van der Waals surface area contributed by atoms with Gasteiger partial charge in [-0.25, -0.2) is 4.79 Å². The Bertz CT molecular complexity index is 648. The van der Waals surface area contributed by atoms with E-state index in [0.29, 0.717) is 19.4 Å². The van der Waals surface area contributed by atoms with E-state index in [1.54, 1.807) is 18.6 Å². The van der Waals surface area contributed by atoms with Gasteiger partial charge in [0.25, 0.3) is 0 Å². The van der Waals surface area contributed by atoms with Crippen LogP contribution in [0.25, 0.3) is 0 Å². The highest BCUT2D eigenvalue weighted by atomic mass is 16.3. The highest BCUT2D eigenvalue weighted by molar-refractivity contribution is 5.74. The number of carbonyl (C=O) groups excluding carboxylic acids is 1. The first-order valence-electron chi connectivity index (χ1n) is 7.29. The van der Waals surface area contributed by atoms with Crippen LogP contribution in [0, 0.1) is 0 Å². The first-order valence-corrected chi connectivity index (χ1v) is 7.29. The topological polar surface area (TPSA) is 87.1 Å². The largest absolute Gasteiger partial charge is 0.390 e. The van der Waals surface area contributed by atoms with E-state index < -0.39 is 6.10 Å². The van der Waals surface area contributed by atoms with Gasteiger partial charge in [0, 0.05) is 38.0 Å². The standard InChI is InChI=1S/C16H18N4O2/c21-14-9-11-3-1-2-4-13(11)15(14)20-16(22)19-6-5-12-10-17-7-8-18-12/h1-4,7-8,10,14-15,21H,5-6,9H2,(H2,19,20,22). The summed E-state index contributed by atoms with van der Waals surface area (Å²) in [4.78, 5) is 20.1. The summed E-state index contributed by atoms with van der Waals surface area (Å²) in [6.07, 6.45) is 5.52. The molecule has 1 aliphatic rings. The third-order valence-electron chi connectivity index (χ3n) is 3.77. The summed E-state index contributed by atoms with van der Waals surface area (Å²) in [6, 6.07) is 7.13. The number of rotatable bonds is 4. The molecule has 0 saturated heterocycles. The number of fused-ring (bicyclic) bond motifs is 1. The fourth-order valence-electron chi connectivity index (χ4n) is 2.70. The molecule has 0 radical (unpaired) electrons. The molecule has 3 rings (SSSR count). The monoisotopic (exact) mass is 298 g/mol. The second kappa shape index (κ2) is 6.53. The van der Waals surface area contributed by atoms with Gasteiger partial charge >= 0.3 is 6.03 Å². The molecular formula is C16H18N4O2. The second-order valence-corrected chi connectivity index (χ2v) is 5.29. The normalized spacial score (nSPS) is 19.5. The van der Waals surface area contributed by atoms with E-state index in [4.69, 9.17) is 0 Å². The van der Waals surface area contributed by atoms with Gasteiger partial charge in [-0.15, -0.1) is 0 Å². The van der Waals surface area contributed by atoms with E-state index in [0.717, 1.165) is 16.8 Å². The molecule has 6 heteroatoms. The third kappa shape index (κ3) is 3.23. The van der Waals surface area contributed by atoms with E-state index in [9.17, 15) is 9.90 Å². The molecule has 6 nitrogen and oxygen atoms in total. The lowest BCUT2D eigenvalue weighted by Gasteiger charge is -2.18. The lowest BCUT2D eigenvalue weighted by Crippen LogP contribution is -2.41. The number of hydrogen-bond acceptors (Lipinski definition) is 4. The van der Waals surface area contributed by atoms with Crippen LogP contribution in [-0.4, -0.2) is 33.8 Å². The number of hydrogen-bond donors (Lipinski definition) is 3. The number of urea groups is 1. The van der Waals surface area contributed by atoms with Crippen molar-refractivity contribution in [3.8, 4) is 0 Å². The molecular weight excluding hydrogens is 280 g/mol. The van der Waals surface area contributed by atoms with Crippen LogP contribution in [-0.2, 0) is 12.8 Å². The number of nitrogens with one attached hydrogen (secondary N) is 2. The van der Waals surface area contributed by atoms with Gasteiger partial charge in [-0.3, -0.25) is 9.97 Å². The molecule has 0 bridgehead atoms. The molecule has 22 heavy (non-hydrogen) atoms. The van der Waals surface area contributed by atoms with Crippen molar-refractivity contribution >= 4 is 6.03 Å². The van der Waals surface area contributed by atoms with Crippen LogP contribution in [0.15, 0.2) is 42.9 Å². The molecule has 2 amide bonds. The average Bonchev–Trinajstić information content (AvgIpc) is 2.84. The van der Waals surface area contributed by atoms with Crippen LogP contribution in [0.1, 0.15) is 22.9 Å². The number of aromatic nitrogens is 2. The van der Waals surface area contributed by atoms with Gasteiger partial charge < -0.3 is 15.7 Å². The number of nitrogens with zero attached hydrogens (tertiary/aromatic N) is 2. The fourth-order valence-corrected chi connectivity index (χ4v) is 2.70. The van der Waals surface area contributed by atoms with Crippen LogP contribution in [0.5, 0.6) is 0 Å². The lowest BCUT2D eigenvalue weighted by atomic mass is 10.1. The molecule has 3 N–H and O–H groups in total. The summed E-state index contributed by atoms with van der Waals surface area (Å²) in [7, 11) is 0. The zero-order chi connectivity index (χ0) is 15.4. The lowest BCUT2D eigenvalue weighted by molar-refractivity contribution is 0.142. The second-order valence-electron chi connectivity index (χ2n) is 5.29. The maximum Gasteiger partial charge on any atom is 0.315 e. The summed E-state index contributed by atoms with van der Waals surface area (Å²) in [6.45, 7) is 0.467. The van der Waals surface area contributed by atoms with Crippen molar-refractivity contribution in [1.29, 1.82) is 0 Å². The SMILES string of the molecule is O=C(NCCc1cnccn1)NC1c2ccccc2CC1O. The van der Waals surface area contributed by atoms with Gasteiger partial charge in [0.05, 0.1) is 17.8 Å². The maximum absolute atomic E-state index is 12.0. The molecule has 0 fully saturated rings. The Hall–Kier alpha value is -2.47. The van der Waals surface area contributed by atoms with E-state index in [-0.39, 0.29) is 12.1 Å². The minimum atomic E-state index is -0.580. The summed E-state index contributed by atoms with van der Waals surface area (Å²) in [5, 5.41) is 15.7. The van der Waals surface area contributed by atoms with Gasteiger partial charge in [-0.05, 0) is 11.1 Å². The van der Waals surface area contributed by atoms with Crippen LogP contribution >= 0.6 is 0 Å². The Labute approximate surface area is 128 Å². The summed E-state index contributed by atoms with van der Waals surface area (Å²) < 4.78 is 0. The molecule has 2 unspecified atom stereocenters. The van der Waals surface area contributed by atoms with Crippen molar-refractivity contribution in [3.05, 3.63) is 59.7 Å². The Morgan fingerprint density at radius 3 is 3.00 bits per heavy atom. The summed E-state index contributed by atoms with van der Waals surface area (Å²) in [5.41, 5.74) is 2.90. The van der Waals surface area contributed by atoms with E-state index in [1.807, 2.05) is 24.3 Å². The number of carbonyl (C=O) groups is 1. The molecule has 0 spiro atoms. The first kappa shape index (κ1) is 14.5. The number of amides is 2. The smallest absolute Gasteiger partial charge is 0.315 e. The quantitative estimate of drug-likeness (QED) is 0.785. The Morgan fingerprint density at radius 2 is 2.18 bits per heavy atom. The maximum atomic E-state index is 12.0. The zero-order valence-electron chi connectivity index (χ0n) is 12.1. The Balaban J connectivity index is 1.52. The molecule has 2 aromatic rings. The molecule has 1 heterocycles. The highest BCUT2D eigenvalue weighted by Gasteiger charge is 2.31. The molecule has 114 valence electrons. The minimum absolute atomic E-state index is 0.287. The van der Waals surface area contributed by atoms with Crippen molar-refractivity contribution < 1.29 is 9.90 Å². The van der Waals surface area contributed by atoms with Gasteiger partial charge in [0.2, 0.25) is 0 Å². The first-order chi connectivity index (χ1) is 10.7. The number of aliphatic hydroxyl groups is 1. The van der Waals surface area contributed by atoms with E-state index in [2.05, 4.69) is 20.6 Å². The molecule has 1 aromatic heterocycles. The summed E-state index contributed by atoms with van der Waals surface area (Å²) in [5.74, 6) is 0. The van der Waals surface area contributed by atoms with Crippen LogP contribution in [0.3, 0.4) is 0 Å². The van der Waals surface area contributed by atoms with Crippen molar-refractivity contribution in [1.82, 2.24) is 20.6 Å². The van der Waals surface area contributed by atoms with Crippen LogP contribution in [0.4, 0.5) is 4.79 Å². The molecule has 1 aliphatic carbocycles. The highest BCUT2D eigenvalue weighted by Crippen LogP contribution is 2.30. The predicted octanol–water partition coefficient (Wildman–Crippen LogP) is 0.977. The predicted molar refractivity (Wildman–Crippen MR) is 81.2 cm³/mol. The van der Waals surface area contributed by atoms with Crippen molar-refractivity contribution in [2.24, 2.45) is 0 Å². The number of aliphatic hydroxyl groups excluding tert-OH is 1. The molecule has 2 atom stereocenters. The van der Waals surface area contributed by atoms with E-state index in [1.165, 1.54) is 0 Å². The van der Waals surface area contributed by atoms with Crippen molar-refractivity contribution in [2.75, 3.05) is 6.54 Å². The Kier molecular flexibility index (Phi) is 4.29. The fraction of sp³-hybridized carbons (Fsp3) is 0.312. The number of benzene rings is 1. The van der Waals surface area contributed by atoms with Crippen LogP contribution in [0.2, 0.25) is 0 Å². The van der Waals surface area contributed by atoms with Gasteiger partial charge in [-0.2, -0.15) is 0 Å². The molecule has 0 saturated carbocycles. The average molecular weight is 298 g/mol. The van der Waals surface area contributed by atoms with E-state index >= 15 is 0 Å². The van der Waals surface area contributed by atoms with Crippen LogP contribution < -0.4 is 10.6 Å². The summed E-state index contributed by atoms with van der Waals surface area (Å²) >= 11 is 0. The van der Waals surface area contributed by atoms with Gasteiger partial charge in [-0.1, -0.05) is 24.3 Å². The Morgan fingerprint density at radius 1 is 1.32 bits per heavy atom. The minimum Gasteiger partial charge on any atom is -0.390 e. The molecule has 1 aromatic carbocycles. The zero-order valence-corrected chi connectivity index (χ0v) is 12.1. The van der Waals surface area contributed by atoms with Gasteiger partial charge in [0.15, 0.2) is 0 Å². The van der Waals surface area contributed by atoms with Gasteiger partial charge in [0.1, 0.15) is 0 Å². The van der Waals surface area contributed by atoms with Crippen molar-refractivity contribution in [2.45, 2.75) is 25.0 Å². The molecule has 0 aliphatic heterocycles. The third-order valence-corrected chi connectivity index (χ3v) is 3.77. The van der Waals surface area contributed by atoms with Crippen molar-refractivity contribution in [3.63, 3.8) is 0 Å².